The predicted octanol–water partition coefficient (Wildman–Crippen LogP) is 15.0. The SMILES string of the molecule is c1ccc(-c2cccc(-c3nc(-c4ccc5ccccc5c4)nc(-c4c(-n5c6ccccc6c6cc7ccccc7cc65)ccc5oc6cc7ccccc7cc6c45)n3)c2)cc1. The summed E-state index contributed by atoms with van der Waals surface area (Å²) in [5, 5.41) is 11.2. The lowest BCUT2D eigenvalue weighted by Gasteiger charge is -2.16. The molecule has 288 valence electrons. The maximum absolute atomic E-state index is 6.79. The average molecular weight is 791 g/mol. The molecule has 62 heavy (non-hydrogen) atoms. The van der Waals surface area contributed by atoms with Crippen LogP contribution in [0.3, 0.4) is 0 Å². The molecule has 10 aromatic carbocycles. The normalized spacial score (nSPS) is 11.9. The summed E-state index contributed by atoms with van der Waals surface area (Å²) in [7, 11) is 0. The summed E-state index contributed by atoms with van der Waals surface area (Å²) >= 11 is 0. The monoisotopic (exact) mass is 790 g/mol. The fourth-order valence-corrected chi connectivity index (χ4v) is 9.41. The zero-order valence-electron chi connectivity index (χ0n) is 33.3. The third-order valence-electron chi connectivity index (χ3n) is 12.4. The molecule has 0 radical (unpaired) electrons. The van der Waals surface area contributed by atoms with Crippen LogP contribution in [0.2, 0.25) is 0 Å². The first-order valence-electron chi connectivity index (χ1n) is 20.9. The van der Waals surface area contributed by atoms with Gasteiger partial charge in [0.15, 0.2) is 17.5 Å². The van der Waals surface area contributed by atoms with Crippen molar-refractivity contribution in [2.75, 3.05) is 0 Å². The van der Waals surface area contributed by atoms with Gasteiger partial charge in [0, 0.05) is 32.7 Å². The van der Waals surface area contributed by atoms with Crippen molar-refractivity contribution < 1.29 is 4.42 Å². The zero-order valence-corrected chi connectivity index (χ0v) is 33.3. The molecule has 0 amide bonds. The molecular formula is C57H34N4O. The van der Waals surface area contributed by atoms with Crippen molar-refractivity contribution in [3.05, 3.63) is 206 Å². The highest BCUT2D eigenvalue weighted by molar-refractivity contribution is 6.19. The molecule has 0 N–H and O–H groups in total. The minimum atomic E-state index is 0.562. The summed E-state index contributed by atoms with van der Waals surface area (Å²) in [4.78, 5) is 16.3. The Bertz CT molecular complexity index is 3940. The molecule has 0 saturated heterocycles. The Labute approximate surface area is 355 Å². The molecule has 13 aromatic rings. The molecule has 3 aromatic heterocycles. The van der Waals surface area contributed by atoms with Crippen LogP contribution in [0.25, 0.3) is 127 Å². The van der Waals surface area contributed by atoms with Crippen molar-refractivity contribution in [1.82, 2.24) is 19.5 Å². The van der Waals surface area contributed by atoms with Gasteiger partial charge in [0.25, 0.3) is 0 Å². The van der Waals surface area contributed by atoms with Crippen LogP contribution in [-0.2, 0) is 0 Å². The minimum Gasteiger partial charge on any atom is -0.456 e. The molecule has 5 heteroatoms. The second kappa shape index (κ2) is 13.6. The van der Waals surface area contributed by atoms with Crippen molar-refractivity contribution >= 4 is 76.1 Å². The fraction of sp³-hybridized carbons (Fsp3) is 0. The van der Waals surface area contributed by atoms with E-state index in [1.807, 2.05) is 6.07 Å². The summed E-state index contributed by atoms with van der Waals surface area (Å²) in [6, 6.07) is 72.8. The lowest BCUT2D eigenvalue weighted by Crippen LogP contribution is -2.04. The van der Waals surface area contributed by atoms with E-state index >= 15 is 0 Å². The summed E-state index contributed by atoms with van der Waals surface area (Å²) in [6.07, 6.45) is 0. The Kier molecular flexibility index (Phi) is 7.54. The number of aromatic nitrogens is 4. The maximum Gasteiger partial charge on any atom is 0.166 e. The first-order valence-corrected chi connectivity index (χ1v) is 20.9. The van der Waals surface area contributed by atoms with Gasteiger partial charge in [-0.25, -0.2) is 15.0 Å². The zero-order chi connectivity index (χ0) is 40.7. The maximum atomic E-state index is 6.79. The van der Waals surface area contributed by atoms with Crippen LogP contribution >= 0.6 is 0 Å². The van der Waals surface area contributed by atoms with Crippen molar-refractivity contribution in [3.8, 4) is 51.0 Å². The number of hydrogen-bond donors (Lipinski definition) is 0. The lowest BCUT2D eigenvalue weighted by atomic mass is 10.00. The van der Waals surface area contributed by atoms with Gasteiger partial charge in [-0.2, -0.15) is 0 Å². The molecule has 0 atom stereocenters. The van der Waals surface area contributed by atoms with E-state index in [9.17, 15) is 0 Å². The van der Waals surface area contributed by atoms with E-state index in [2.05, 4.69) is 205 Å². The molecule has 0 bridgehead atoms. The van der Waals surface area contributed by atoms with Crippen molar-refractivity contribution in [2.24, 2.45) is 0 Å². The largest absolute Gasteiger partial charge is 0.456 e. The molecule has 13 rings (SSSR count). The van der Waals surface area contributed by atoms with Crippen LogP contribution in [0.4, 0.5) is 0 Å². The highest BCUT2D eigenvalue weighted by Gasteiger charge is 2.25. The Morgan fingerprint density at radius 3 is 1.68 bits per heavy atom. The third-order valence-corrected chi connectivity index (χ3v) is 12.4. The van der Waals surface area contributed by atoms with Gasteiger partial charge in [-0.15, -0.1) is 0 Å². The summed E-state index contributed by atoms with van der Waals surface area (Å²) in [5.74, 6) is 1.74. The second-order valence-corrected chi connectivity index (χ2v) is 16.0. The topological polar surface area (TPSA) is 56.7 Å². The molecular weight excluding hydrogens is 757 g/mol. The van der Waals surface area contributed by atoms with E-state index in [1.54, 1.807) is 0 Å². The van der Waals surface area contributed by atoms with E-state index < -0.39 is 0 Å². The summed E-state index contributed by atoms with van der Waals surface area (Å²) < 4.78 is 9.18. The quantitative estimate of drug-likeness (QED) is 0.174. The van der Waals surface area contributed by atoms with Crippen LogP contribution in [0.1, 0.15) is 0 Å². The Balaban J connectivity index is 1.17. The van der Waals surface area contributed by atoms with Gasteiger partial charge >= 0.3 is 0 Å². The lowest BCUT2D eigenvalue weighted by molar-refractivity contribution is 0.669. The number of nitrogens with zero attached hydrogens (tertiary/aromatic N) is 4. The van der Waals surface area contributed by atoms with E-state index in [-0.39, 0.29) is 0 Å². The number of para-hydroxylation sites is 1. The van der Waals surface area contributed by atoms with E-state index in [1.165, 1.54) is 21.5 Å². The molecule has 0 unspecified atom stereocenters. The predicted molar refractivity (Wildman–Crippen MR) is 256 cm³/mol. The van der Waals surface area contributed by atoms with Gasteiger partial charge in [0.05, 0.1) is 22.3 Å². The number of benzene rings is 10. The molecule has 0 saturated carbocycles. The van der Waals surface area contributed by atoms with E-state index in [4.69, 9.17) is 19.4 Å². The van der Waals surface area contributed by atoms with Crippen LogP contribution < -0.4 is 0 Å². The van der Waals surface area contributed by atoms with Crippen molar-refractivity contribution in [2.45, 2.75) is 0 Å². The van der Waals surface area contributed by atoms with E-state index in [0.29, 0.717) is 17.5 Å². The van der Waals surface area contributed by atoms with Crippen LogP contribution in [-0.4, -0.2) is 19.5 Å². The smallest absolute Gasteiger partial charge is 0.166 e. The summed E-state index contributed by atoms with van der Waals surface area (Å²) in [6.45, 7) is 0. The first-order chi connectivity index (χ1) is 30.7. The Morgan fingerprint density at radius 1 is 0.323 bits per heavy atom. The average Bonchev–Trinajstić information content (AvgIpc) is 3.86. The first kappa shape index (κ1) is 34.5. The van der Waals surface area contributed by atoms with Gasteiger partial charge in [-0.05, 0) is 98.0 Å². The molecule has 5 nitrogen and oxygen atoms in total. The number of rotatable bonds is 5. The third kappa shape index (κ3) is 5.45. The number of furan rings is 1. The molecule has 0 aliphatic heterocycles. The molecule has 3 heterocycles. The molecule has 0 aliphatic carbocycles. The van der Waals surface area contributed by atoms with Gasteiger partial charge in [-0.1, -0.05) is 152 Å². The van der Waals surface area contributed by atoms with E-state index in [0.717, 1.165) is 88.0 Å². The summed E-state index contributed by atoms with van der Waals surface area (Å²) in [5.41, 5.74) is 9.62. The highest BCUT2D eigenvalue weighted by Crippen LogP contribution is 2.44. The van der Waals surface area contributed by atoms with Crippen LogP contribution in [0.5, 0.6) is 0 Å². The van der Waals surface area contributed by atoms with Gasteiger partial charge in [0.2, 0.25) is 0 Å². The minimum absolute atomic E-state index is 0.562. The van der Waals surface area contributed by atoms with Crippen molar-refractivity contribution in [1.29, 1.82) is 0 Å². The Morgan fingerprint density at radius 2 is 0.903 bits per heavy atom. The number of fused-ring (bicyclic) bond motifs is 9. The molecule has 0 spiro atoms. The van der Waals surface area contributed by atoms with Crippen LogP contribution in [0, 0.1) is 0 Å². The van der Waals surface area contributed by atoms with Crippen LogP contribution in [0.15, 0.2) is 211 Å². The van der Waals surface area contributed by atoms with Gasteiger partial charge in [0.1, 0.15) is 11.2 Å². The van der Waals surface area contributed by atoms with Crippen molar-refractivity contribution in [3.63, 3.8) is 0 Å². The second-order valence-electron chi connectivity index (χ2n) is 16.0. The highest BCUT2D eigenvalue weighted by atomic mass is 16.3. The number of hydrogen-bond acceptors (Lipinski definition) is 4. The fourth-order valence-electron chi connectivity index (χ4n) is 9.41. The molecule has 0 aliphatic rings. The molecule has 0 fully saturated rings. The van der Waals surface area contributed by atoms with Gasteiger partial charge in [-0.3, -0.25) is 0 Å². The Hall–Kier alpha value is -8.41. The standard InChI is InChI=1S/C57H34N4O/c1-2-13-35(14-3-1)38-21-12-22-43(29-38)55-58-56(44-26-25-36-15-4-5-16-37(36)30-44)60-57(59-55)54-49(27-28-51-53(54)47-32-40-18-7-9-20-42(40)34-52(47)62-51)61-48-24-11-10-23-45(48)46-31-39-17-6-8-19-41(39)33-50(46)61/h1-34H. The van der Waals surface area contributed by atoms with Gasteiger partial charge < -0.3 is 8.98 Å².